The van der Waals surface area contributed by atoms with Gasteiger partial charge in [-0.3, -0.25) is 0 Å². The summed E-state index contributed by atoms with van der Waals surface area (Å²) in [6, 6.07) is 5.15. The third-order valence-electron chi connectivity index (χ3n) is 2.32. The molecular formula is C11H13BrO3. The van der Waals surface area contributed by atoms with Crippen molar-refractivity contribution in [3.8, 4) is 11.5 Å². The molecule has 1 heterocycles. The molecule has 0 aromatic heterocycles. The molecule has 15 heavy (non-hydrogen) atoms. The van der Waals surface area contributed by atoms with E-state index >= 15 is 0 Å². The van der Waals surface area contributed by atoms with Crippen LogP contribution in [-0.2, 0) is 4.74 Å². The summed E-state index contributed by atoms with van der Waals surface area (Å²) in [5.74, 6) is 0.825. The maximum absolute atomic E-state index is 9.46. The Balaban J connectivity index is 2.00. The van der Waals surface area contributed by atoms with Crippen LogP contribution < -0.4 is 4.74 Å². The molecule has 0 spiro atoms. The lowest BCUT2D eigenvalue weighted by molar-refractivity contribution is -0.105. The first-order valence-corrected chi connectivity index (χ1v) is 5.82. The summed E-state index contributed by atoms with van der Waals surface area (Å²) in [6.45, 7) is 0.757. The van der Waals surface area contributed by atoms with Crippen LogP contribution >= 0.6 is 15.9 Å². The van der Waals surface area contributed by atoms with Crippen molar-refractivity contribution in [1.82, 2.24) is 0 Å². The smallest absolute Gasteiger partial charge is 0.199 e. The average Bonchev–Trinajstić information content (AvgIpc) is 2.25. The monoisotopic (exact) mass is 272 g/mol. The molecule has 1 saturated heterocycles. The Kier molecular flexibility index (Phi) is 3.49. The van der Waals surface area contributed by atoms with Gasteiger partial charge in [-0.1, -0.05) is 0 Å². The molecule has 82 valence electrons. The van der Waals surface area contributed by atoms with Gasteiger partial charge in [0.1, 0.15) is 11.5 Å². The topological polar surface area (TPSA) is 38.7 Å². The highest BCUT2D eigenvalue weighted by Crippen LogP contribution is 2.29. The molecule has 0 bridgehead atoms. The van der Waals surface area contributed by atoms with Gasteiger partial charge in [-0.05, 0) is 40.9 Å². The highest BCUT2D eigenvalue weighted by molar-refractivity contribution is 9.10. The summed E-state index contributed by atoms with van der Waals surface area (Å²) < 4.78 is 11.7. The summed E-state index contributed by atoms with van der Waals surface area (Å²) >= 11 is 3.22. The van der Waals surface area contributed by atoms with Crippen molar-refractivity contribution < 1.29 is 14.6 Å². The molecule has 0 aliphatic carbocycles. The van der Waals surface area contributed by atoms with Crippen molar-refractivity contribution in [2.24, 2.45) is 0 Å². The van der Waals surface area contributed by atoms with Gasteiger partial charge in [0, 0.05) is 12.5 Å². The number of aromatic hydroxyl groups is 1. The van der Waals surface area contributed by atoms with Gasteiger partial charge in [0.05, 0.1) is 11.1 Å². The minimum Gasteiger partial charge on any atom is -0.507 e. The summed E-state index contributed by atoms with van der Waals surface area (Å²) in [5, 5.41) is 9.46. The third-order valence-corrected chi connectivity index (χ3v) is 2.99. The van der Waals surface area contributed by atoms with E-state index in [-0.39, 0.29) is 12.0 Å². The first-order chi connectivity index (χ1) is 7.25. The van der Waals surface area contributed by atoms with Gasteiger partial charge >= 0.3 is 0 Å². The van der Waals surface area contributed by atoms with E-state index in [1.165, 1.54) is 0 Å². The molecular weight excluding hydrogens is 260 g/mol. The highest BCUT2D eigenvalue weighted by Gasteiger charge is 2.15. The van der Waals surface area contributed by atoms with Crippen LogP contribution in [0.5, 0.6) is 11.5 Å². The van der Waals surface area contributed by atoms with E-state index in [2.05, 4.69) is 15.9 Å². The first-order valence-electron chi connectivity index (χ1n) is 5.02. The Labute approximate surface area is 97.1 Å². The Morgan fingerprint density at radius 3 is 2.93 bits per heavy atom. The molecule has 1 aromatic rings. The van der Waals surface area contributed by atoms with Crippen molar-refractivity contribution >= 4 is 15.9 Å². The number of phenolic OH excluding ortho intramolecular Hbond substituents is 1. The lowest BCUT2D eigenvalue weighted by Crippen LogP contribution is -2.24. The molecule has 1 aliphatic rings. The van der Waals surface area contributed by atoms with Crippen molar-refractivity contribution in [3.05, 3.63) is 22.7 Å². The fraction of sp³-hybridized carbons (Fsp3) is 0.455. The number of phenols is 1. The van der Waals surface area contributed by atoms with Gasteiger partial charge < -0.3 is 14.6 Å². The maximum Gasteiger partial charge on any atom is 0.199 e. The Morgan fingerprint density at radius 1 is 1.40 bits per heavy atom. The largest absolute Gasteiger partial charge is 0.507 e. The second-order valence-corrected chi connectivity index (χ2v) is 4.38. The predicted octanol–water partition coefficient (Wildman–Crippen LogP) is 3.06. The highest BCUT2D eigenvalue weighted by atomic mass is 79.9. The molecule has 0 radical (unpaired) electrons. The van der Waals surface area contributed by atoms with Gasteiger partial charge in [-0.25, -0.2) is 0 Å². The molecule has 3 nitrogen and oxygen atoms in total. The van der Waals surface area contributed by atoms with Crippen molar-refractivity contribution in [2.75, 3.05) is 6.61 Å². The number of halogens is 1. The molecule has 2 rings (SSSR count). The Bertz CT molecular complexity index is 335. The van der Waals surface area contributed by atoms with Gasteiger partial charge in [0.2, 0.25) is 0 Å². The molecule has 0 saturated carbocycles. The van der Waals surface area contributed by atoms with E-state index in [4.69, 9.17) is 9.47 Å². The van der Waals surface area contributed by atoms with Crippen molar-refractivity contribution in [3.63, 3.8) is 0 Å². The standard InChI is InChI=1S/C11H13BrO3/c12-9-5-4-8(7-10(9)13)15-11-3-1-2-6-14-11/h4-5,7,11,13H,1-3,6H2/t11-/m1/s1. The molecule has 1 fully saturated rings. The van der Waals surface area contributed by atoms with Gasteiger partial charge in [0.25, 0.3) is 0 Å². The van der Waals surface area contributed by atoms with Crippen LogP contribution in [0.3, 0.4) is 0 Å². The van der Waals surface area contributed by atoms with Crippen LogP contribution in [0.1, 0.15) is 19.3 Å². The SMILES string of the molecule is Oc1cc(O[C@@H]2CCCCO2)ccc1Br. The zero-order chi connectivity index (χ0) is 10.7. The van der Waals surface area contributed by atoms with Crippen LogP contribution in [0.4, 0.5) is 0 Å². The van der Waals surface area contributed by atoms with E-state index in [1.807, 2.05) is 6.07 Å². The number of ether oxygens (including phenoxy) is 2. The minimum absolute atomic E-state index is 0.167. The van der Waals surface area contributed by atoms with E-state index in [0.717, 1.165) is 25.9 Å². The van der Waals surface area contributed by atoms with Crippen LogP contribution in [0.2, 0.25) is 0 Å². The van der Waals surface area contributed by atoms with Gasteiger partial charge in [0.15, 0.2) is 6.29 Å². The van der Waals surface area contributed by atoms with Gasteiger partial charge in [-0.2, -0.15) is 0 Å². The number of rotatable bonds is 2. The molecule has 0 unspecified atom stereocenters. The second-order valence-electron chi connectivity index (χ2n) is 3.53. The predicted molar refractivity (Wildman–Crippen MR) is 60.0 cm³/mol. The van der Waals surface area contributed by atoms with E-state index < -0.39 is 0 Å². The van der Waals surface area contributed by atoms with Crippen LogP contribution in [0.25, 0.3) is 0 Å². The van der Waals surface area contributed by atoms with Crippen LogP contribution in [0, 0.1) is 0 Å². The summed E-state index contributed by atoms with van der Waals surface area (Å²) in [5.41, 5.74) is 0. The molecule has 0 amide bonds. The Morgan fingerprint density at radius 2 is 2.27 bits per heavy atom. The zero-order valence-corrected chi connectivity index (χ0v) is 9.87. The molecule has 4 heteroatoms. The quantitative estimate of drug-likeness (QED) is 0.900. The fourth-order valence-electron chi connectivity index (χ4n) is 1.52. The van der Waals surface area contributed by atoms with Crippen molar-refractivity contribution in [1.29, 1.82) is 0 Å². The summed E-state index contributed by atoms with van der Waals surface area (Å²) in [7, 11) is 0. The second kappa shape index (κ2) is 4.86. The zero-order valence-electron chi connectivity index (χ0n) is 8.28. The first kappa shape index (κ1) is 10.8. The number of benzene rings is 1. The minimum atomic E-state index is -0.167. The van der Waals surface area contributed by atoms with E-state index in [1.54, 1.807) is 12.1 Å². The third kappa shape index (κ3) is 2.86. The molecule has 1 atom stereocenters. The summed E-state index contributed by atoms with van der Waals surface area (Å²) in [4.78, 5) is 0. The number of hydrogen-bond acceptors (Lipinski definition) is 3. The lowest BCUT2D eigenvalue weighted by Gasteiger charge is -2.23. The maximum atomic E-state index is 9.46. The fourth-order valence-corrected chi connectivity index (χ4v) is 1.77. The lowest BCUT2D eigenvalue weighted by atomic mass is 10.2. The van der Waals surface area contributed by atoms with E-state index in [0.29, 0.717) is 10.2 Å². The van der Waals surface area contributed by atoms with Crippen LogP contribution in [-0.4, -0.2) is 18.0 Å². The molecule has 1 aliphatic heterocycles. The van der Waals surface area contributed by atoms with Crippen LogP contribution in [0.15, 0.2) is 22.7 Å². The normalized spacial score (nSPS) is 21.3. The number of hydrogen-bond donors (Lipinski definition) is 1. The van der Waals surface area contributed by atoms with Crippen molar-refractivity contribution in [2.45, 2.75) is 25.6 Å². The molecule has 1 aromatic carbocycles. The summed E-state index contributed by atoms with van der Waals surface area (Å²) in [6.07, 6.45) is 2.98. The van der Waals surface area contributed by atoms with E-state index in [9.17, 15) is 5.11 Å². The van der Waals surface area contributed by atoms with Gasteiger partial charge in [-0.15, -0.1) is 0 Å². The molecule has 1 N–H and O–H groups in total. The average molecular weight is 273 g/mol. The Hall–Kier alpha value is -0.740.